The molecule has 0 aliphatic carbocycles. The van der Waals surface area contributed by atoms with Crippen LogP contribution >= 0.6 is 46.0 Å². The van der Waals surface area contributed by atoms with Gasteiger partial charge >= 0.3 is 0 Å². The van der Waals surface area contributed by atoms with Gasteiger partial charge in [-0.2, -0.15) is 11.8 Å². The molecular weight excluding hydrogens is 391 g/mol. The molecule has 3 rings (SSSR count). The first-order valence-corrected chi connectivity index (χ1v) is 9.33. The SMILES string of the molecule is ClCc1nc2cc(I)ccc2n1CC1CCSCC1. The fourth-order valence-electron chi connectivity index (χ4n) is 2.65. The average molecular weight is 407 g/mol. The second-order valence-electron chi connectivity index (χ2n) is 4.96. The zero-order valence-corrected chi connectivity index (χ0v) is 14.3. The molecule has 0 N–H and O–H groups in total. The molecule has 2 nitrogen and oxygen atoms in total. The van der Waals surface area contributed by atoms with E-state index in [-0.39, 0.29) is 0 Å². The first-order valence-electron chi connectivity index (χ1n) is 6.56. The smallest absolute Gasteiger partial charge is 0.124 e. The van der Waals surface area contributed by atoms with Crippen LogP contribution in [0.4, 0.5) is 0 Å². The van der Waals surface area contributed by atoms with E-state index in [1.807, 2.05) is 0 Å². The zero-order valence-electron chi connectivity index (χ0n) is 10.6. The van der Waals surface area contributed by atoms with Crippen LogP contribution in [-0.4, -0.2) is 21.1 Å². The Morgan fingerprint density at radius 2 is 2.16 bits per heavy atom. The maximum absolute atomic E-state index is 6.07. The number of benzene rings is 1. The van der Waals surface area contributed by atoms with E-state index in [1.54, 1.807) is 0 Å². The molecule has 0 spiro atoms. The Labute approximate surface area is 136 Å². The molecule has 1 aliphatic rings. The number of nitrogens with zero attached hydrogens (tertiary/aromatic N) is 2. The van der Waals surface area contributed by atoms with Crippen molar-refractivity contribution in [3.63, 3.8) is 0 Å². The third-order valence-electron chi connectivity index (χ3n) is 3.69. The van der Waals surface area contributed by atoms with Gasteiger partial charge in [-0.1, -0.05) is 0 Å². The summed E-state index contributed by atoms with van der Waals surface area (Å²) in [4.78, 5) is 4.68. The van der Waals surface area contributed by atoms with Crippen LogP contribution in [0.1, 0.15) is 18.7 Å². The van der Waals surface area contributed by atoms with Crippen LogP contribution in [0.15, 0.2) is 18.2 Å². The van der Waals surface area contributed by atoms with Gasteiger partial charge in [0.05, 0.1) is 16.9 Å². The molecule has 0 bridgehead atoms. The van der Waals surface area contributed by atoms with Crippen LogP contribution in [-0.2, 0) is 12.4 Å². The van der Waals surface area contributed by atoms with Crippen molar-refractivity contribution >= 4 is 57.0 Å². The highest BCUT2D eigenvalue weighted by Gasteiger charge is 2.18. The van der Waals surface area contributed by atoms with E-state index < -0.39 is 0 Å². The summed E-state index contributed by atoms with van der Waals surface area (Å²) in [6.07, 6.45) is 2.63. The molecule has 1 aliphatic heterocycles. The van der Waals surface area contributed by atoms with E-state index in [1.165, 1.54) is 33.4 Å². The van der Waals surface area contributed by atoms with Gasteiger partial charge < -0.3 is 4.57 Å². The average Bonchev–Trinajstić information content (AvgIpc) is 2.77. The minimum absolute atomic E-state index is 0.493. The number of rotatable bonds is 3. The van der Waals surface area contributed by atoms with Gasteiger partial charge in [0.25, 0.3) is 0 Å². The van der Waals surface area contributed by atoms with Crippen molar-refractivity contribution in [2.45, 2.75) is 25.3 Å². The van der Waals surface area contributed by atoms with Crippen molar-refractivity contribution < 1.29 is 0 Å². The summed E-state index contributed by atoms with van der Waals surface area (Å²) in [5.41, 5.74) is 2.31. The summed E-state index contributed by atoms with van der Waals surface area (Å²) in [5, 5.41) is 0. The monoisotopic (exact) mass is 406 g/mol. The van der Waals surface area contributed by atoms with Crippen LogP contribution in [0, 0.1) is 9.49 Å². The van der Waals surface area contributed by atoms with Crippen LogP contribution in [0.25, 0.3) is 11.0 Å². The quantitative estimate of drug-likeness (QED) is 0.551. The number of imidazole rings is 1. The largest absolute Gasteiger partial charge is 0.327 e. The van der Waals surface area contributed by atoms with Gasteiger partial charge in [-0.15, -0.1) is 11.6 Å². The number of hydrogen-bond donors (Lipinski definition) is 0. The first kappa shape index (κ1) is 14.0. The van der Waals surface area contributed by atoms with Gasteiger partial charge in [-0.3, -0.25) is 0 Å². The highest BCUT2D eigenvalue weighted by atomic mass is 127. The van der Waals surface area contributed by atoms with Crippen molar-refractivity contribution in [2.24, 2.45) is 5.92 Å². The van der Waals surface area contributed by atoms with E-state index >= 15 is 0 Å². The summed E-state index contributed by atoms with van der Waals surface area (Å²) in [7, 11) is 0. The maximum Gasteiger partial charge on any atom is 0.124 e. The van der Waals surface area contributed by atoms with Crippen molar-refractivity contribution in [1.29, 1.82) is 0 Å². The molecule has 1 saturated heterocycles. The molecule has 5 heteroatoms. The number of hydrogen-bond acceptors (Lipinski definition) is 2. The van der Waals surface area contributed by atoms with Crippen molar-refractivity contribution in [1.82, 2.24) is 9.55 Å². The second kappa shape index (κ2) is 6.22. The van der Waals surface area contributed by atoms with Gasteiger partial charge in [0, 0.05) is 10.1 Å². The van der Waals surface area contributed by atoms with Gasteiger partial charge in [-0.05, 0) is 71.1 Å². The summed E-state index contributed by atoms with van der Waals surface area (Å²) >= 11 is 10.5. The third-order valence-corrected chi connectivity index (χ3v) is 5.65. The minimum Gasteiger partial charge on any atom is -0.327 e. The Morgan fingerprint density at radius 1 is 1.37 bits per heavy atom. The lowest BCUT2D eigenvalue weighted by atomic mass is 10.0. The van der Waals surface area contributed by atoms with Gasteiger partial charge in [0.2, 0.25) is 0 Å². The fraction of sp³-hybridized carbons (Fsp3) is 0.500. The normalized spacial score (nSPS) is 17.2. The molecule has 2 aromatic rings. The lowest BCUT2D eigenvalue weighted by Gasteiger charge is -2.22. The molecule has 0 saturated carbocycles. The Hall–Kier alpha value is 0.0600. The number of thioether (sulfide) groups is 1. The first-order chi connectivity index (χ1) is 9.28. The molecule has 2 heterocycles. The Balaban J connectivity index is 1.95. The van der Waals surface area contributed by atoms with E-state index in [4.69, 9.17) is 11.6 Å². The van der Waals surface area contributed by atoms with E-state index in [0.717, 1.165) is 23.8 Å². The highest BCUT2D eigenvalue weighted by molar-refractivity contribution is 14.1. The molecule has 19 heavy (non-hydrogen) atoms. The van der Waals surface area contributed by atoms with Crippen LogP contribution in [0.2, 0.25) is 0 Å². The fourth-order valence-corrected chi connectivity index (χ4v) is 4.53. The zero-order chi connectivity index (χ0) is 13.2. The molecule has 1 aromatic carbocycles. The predicted octanol–water partition coefficient (Wildman–Crippen LogP) is 4.52. The van der Waals surface area contributed by atoms with Crippen LogP contribution < -0.4 is 0 Å². The molecule has 1 aromatic heterocycles. The van der Waals surface area contributed by atoms with Gasteiger partial charge in [0.1, 0.15) is 5.82 Å². The Kier molecular flexibility index (Phi) is 4.59. The summed E-state index contributed by atoms with van der Waals surface area (Å²) in [6.45, 7) is 1.07. The van der Waals surface area contributed by atoms with Gasteiger partial charge in [-0.25, -0.2) is 4.98 Å². The molecular formula is C14H16ClIN2S. The Morgan fingerprint density at radius 3 is 2.89 bits per heavy atom. The van der Waals surface area contributed by atoms with Crippen LogP contribution in [0.3, 0.4) is 0 Å². The summed E-state index contributed by atoms with van der Waals surface area (Å²) < 4.78 is 3.56. The number of aromatic nitrogens is 2. The molecule has 1 fully saturated rings. The summed E-state index contributed by atoms with van der Waals surface area (Å²) in [5.74, 6) is 4.88. The second-order valence-corrected chi connectivity index (χ2v) is 7.70. The molecule has 0 atom stereocenters. The number of fused-ring (bicyclic) bond motifs is 1. The number of halogens is 2. The van der Waals surface area contributed by atoms with Crippen molar-refractivity contribution in [3.05, 3.63) is 27.6 Å². The van der Waals surface area contributed by atoms with Gasteiger partial charge in [0.15, 0.2) is 0 Å². The molecule has 0 radical (unpaired) electrons. The van der Waals surface area contributed by atoms with E-state index in [2.05, 4.69) is 62.1 Å². The third kappa shape index (κ3) is 3.05. The molecule has 102 valence electrons. The molecule has 0 unspecified atom stereocenters. The Bertz CT molecular complexity index is 578. The van der Waals surface area contributed by atoms with Crippen LogP contribution in [0.5, 0.6) is 0 Å². The lowest BCUT2D eigenvalue weighted by molar-refractivity contribution is 0.417. The highest BCUT2D eigenvalue weighted by Crippen LogP contribution is 2.27. The maximum atomic E-state index is 6.07. The predicted molar refractivity (Wildman–Crippen MR) is 92.1 cm³/mol. The van der Waals surface area contributed by atoms with E-state index in [0.29, 0.717) is 5.88 Å². The van der Waals surface area contributed by atoms with Crippen molar-refractivity contribution in [3.8, 4) is 0 Å². The van der Waals surface area contributed by atoms with Crippen molar-refractivity contribution in [2.75, 3.05) is 11.5 Å². The molecule has 0 amide bonds. The van der Waals surface area contributed by atoms with E-state index in [9.17, 15) is 0 Å². The standard InChI is InChI=1S/C14H16ClIN2S/c15-8-14-17-12-7-11(16)1-2-13(12)18(14)9-10-3-5-19-6-4-10/h1-2,7,10H,3-6,8-9H2. The minimum atomic E-state index is 0.493. The topological polar surface area (TPSA) is 17.8 Å². The summed E-state index contributed by atoms with van der Waals surface area (Å²) in [6, 6.07) is 6.46. The number of alkyl halides is 1. The lowest BCUT2D eigenvalue weighted by Crippen LogP contribution is -2.17.